The van der Waals surface area contributed by atoms with E-state index < -0.39 is 11.4 Å². The molecule has 14 heavy (non-hydrogen) atoms. The topological polar surface area (TPSA) is 29.5 Å². The Morgan fingerprint density at radius 1 is 1.43 bits per heavy atom. The predicted molar refractivity (Wildman–Crippen MR) is 50.8 cm³/mol. The van der Waals surface area contributed by atoms with E-state index in [9.17, 15) is 9.50 Å². The lowest BCUT2D eigenvalue weighted by Gasteiger charge is -2.13. The Morgan fingerprint density at radius 3 is 2.57 bits per heavy atom. The SMILES string of the molecule is COc1cc(C)c(C2(O)CC2)cc1F. The molecule has 0 radical (unpaired) electrons. The zero-order chi connectivity index (χ0) is 10.3. The zero-order valence-corrected chi connectivity index (χ0v) is 8.30. The molecule has 0 aromatic heterocycles. The van der Waals surface area contributed by atoms with Gasteiger partial charge < -0.3 is 9.84 Å². The van der Waals surface area contributed by atoms with Gasteiger partial charge in [0, 0.05) is 0 Å². The van der Waals surface area contributed by atoms with Gasteiger partial charge in [0.25, 0.3) is 0 Å². The van der Waals surface area contributed by atoms with Gasteiger partial charge in [-0.1, -0.05) is 0 Å². The highest BCUT2D eigenvalue weighted by molar-refractivity contribution is 5.41. The molecule has 2 nitrogen and oxygen atoms in total. The van der Waals surface area contributed by atoms with Crippen molar-refractivity contribution in [2.45, 2.75) is 25.4 Å². The van der Waals surface area contributed by atoms with Crippen LogP contribution in [0.25, 0.3) is 0 Å². The van der Waals surface area contributed by atoms with Crippen LogP contribution >= 0.6 is 0 Å². The number of benzene rings is 1. The minimum absolute atomic E-state index is 0.232. The van der Waals surface area contributed by atoms with Gasteiger partial charge in [-0.25, -0.2) is 4.39 Å². The highest BCUT2D eigenvalue weighted by atomic mass is 19.1. The van der Waals surface area contributed by atoms with E-state index in [0.29, 0.717) is 5.56 Å². The van der Waals surface area contributed by atoms with Crippen LogP contribution in [0, 0.1) is 12.7 Å². The standard InChI is InChI=1S/C11H13FO2/c1-7-5-10(14-2)9(12)6-8(7)11(13)3-4-11/h5-6,13H,3-4H2,1-2H3. The molecular formula is C11H13FO2. The second-order valence-electron chi connectivity index (χ2n) is 3.83. The van der Waals surface area contributed by atoms with Gasteiger partial charge in [0.15, 0.2) is 11.6 Å². The Labute approximate surface area is 82.3 Å². The lowest BCUT2D eigenvalue weighted by molar-refractivity contribution is 0.150. The average Bonchev–Trinajstić information content (AvgIpc) is 2.88. The highest BCUT2D eigenvalue weighted by Gasteiger charge is 2.43. The fourth-order valence-electron chi connectivity index (χ4n) is 1.70. The van der Waals surface area contributed by atoms with Crippen LogP contribution in [0.1, 0.15) is 24.0 Å². The second-order valence-corrected chi connectivity index (χ2v) is 3.83. The second kappa shape index (κ2) is 2.95. The molecule has 1 aromatic rings. The molecule has 0 atom stereocenters. The van der Waals surface area contributed by atoms with Crippen LogP contribution in [0.4, 0.5) is 4.39 Å². The van der Waals surface area contributed by atoms with E-state index in [2.05, 4.69) is 0 Å². The summed E-state index contributed by atoms with van der Waals surface area (Å²) in [5.41, 5.74) is 0.788. The van der Waals surface area contributed by atoms with E-state index in [-0.39, 0.29) is 5.75 Å². The summed E-state index contributed by atoms with van der Waals surface area (Å²) in [5.74, 6) is -0.177. The minimum Gasteiger partial charge on any atom is -0.494 e. The van der Waals surface area contributed by atoms with E-state index in [1.807, 2.05) is 6.92 Å². The van der Waals surface area contributed by atoms with E-state index in [1.165, 1.54) is 13.2 Å². The van der Waals surface area contributed by atoms with Crippen LogP contribution in [-0.4, -0.2) is 12.2 Å². The molecule has 1 N–H and O–H groups in total. The summed E-state index contributed by atoms with van der Waals surface area (Å²) < 4.78 is 18.2. The van der Waals surface area contributed by atoms with Gasteiger partial charge in [0.1, 0.15) is 0 Å². The number of hydrogen-bond donors (Lipinski definition) is 1. The lowest BCUT2D eigenvalue weighted by atomic mass is 10.0. The molecule has 0 heterocycles. The number of aliphatic hydroxyl groups is 1. The van der Waals surface area contributed by atoms with Crippen LogP contribution in [-0.2, 0) is 5.60 Å². The maximum atomic E-state index is 13.4. The number of hydrogen-bond acceptors (Lipinski definition) is 2. The lowest BCUT2D eigenvalue weighted by Crippen LogP contribution is -2.07. The van der Waals surface area contributed by atoms with Gasteiger partial charge in [-0.05, 0) is 43.0 Å². The Morgan fingerprint density at radius 2 is 2.07 bits per heavy atom. The zero-order valence-electron chi connectivity index (χ0n) is 8.30. The minimum atomic E-state index is -0.781. The van der Waals surface area contributed by atoms with Crippen molar-refractivity contribution in [3.63, 3.8) is 0 Å². The molecule has 1 saturated carbocycles. The molecule has 76 valence electrons. The molecule has 0 aliphatic heterocycles. The molecule has 2 rings (SSSR count). The Kier molecular flexibility index (Phi) is 2.00. The quantitative estimate of drug-likeness (QED) is 0.785. The third-order valence-corrected chi connectivity index (χ3v) is 2.72. The van der Waals surface area contributed by atoms with Crippen molar-refractivity contribution in [1.82, 2.24) is 0 Å². The molecular weight excluding hydrogens is 183 g/mol. The van der Waals surface area contributed by atoms with Crippen LogP contribution in [0.2, 0.25) is 0 Å². The molecule has 1 aliphatic rings. The van der Waals surface area contributed by atoms with Crippen LogP contribution in [0.3, 0.4) is 0 Å². The normalized spacial score (nSPS) is 18.0. The first-order chi connectivity index (χ1) is 6.57. The molecule has 1 aromatic carbocycles. The number of aryl methyl sites for hydroxylation is 1. The maximum absolute atomic E-state index is 13.4. The monoisotopic (exact) mass is 196 g/mol. The van der Waals surface area contributed by atoms with E-state index >= 15 is 0 Å². The molecule has 0 unspecified atom stereocenters. The summed E-state index contributed by atoms with van der Waals surface area (Å²) in [5, 5.41) is 9.86. The maximum Gasteiger partial charge on any atom is 0.165 e. The number of ether oxygens (including phenoxy) is 1. The third-order valence-electron chi connectivity index (χ3n) is 2.72. The first-order valence-corrected chi connectivity index (χ1v) is 4.64. The molecule has 0 saturated heterocycles. The van der Waals surface area contributed by atoms with Crippen molar-refractivity contribution in [2.75, 3.05) is 7.11 Å². The van der Waals surface area contributed by atoms with Gasteiger partial charge in [-0.15, -0.1) is 0 Å². The van der Waals surface area contributed by atoms with Gasteiger partial charge >= 0.3 is 0 Å². The summed E-state index contributed by atoms with van der Waals surface area (Å²) in [6.07, 6.45) is 1.44. The molecule has 3 heteroatoms. The van der Waals surface area contributed by atoms with Crippen molar-refractivity contribution >= 4 is 0 Å². The summed E-state index contributed by atoms with van der Waals surface area (Å²) in [7, 11) is 1.43. The first kappa shape index (κ1) is 9.46. The van der Waals surface area contributed by atoms with Crippen LogP contribution < -0.4 is 4.74 Å². The fourth-order valence-corrected chi connectivity index (χ4v) is 1.70. The van der Waals surface area contributed by atoms with Gasteiger partial charge in [0.2, 0.25) is 0 Å². The summed E-state index contributed by atoms with van der Waals surface area (Å²) >= 11 is 0. The molecule has 1 aliphatic carbocycles. The van der Waals surface area contributed by atoms with Crippen molar-refractivity contribution in [1.29, 1.82) is 0 Å². The van der Waals surface area contributed by atoms with Gasteiger partial charge in [-0.3, -0.25) is 0 Å². The van der Waals surface area contributed by atoms with Crippen molar-refractivity contribution in [2.24, 2.45) is 0 Å². The largest absolute Gasteiger partial charge is 0.494 e. The number of rotatable bonds is 2. The van der Waals surface area contributed by atoms with Gasteiger partial charge in [0.05, 0.1) is 12.7 Å². The van der Waals surface area contributed by atoms with E-state index in [1.54, 1.807) is 6.07 Å². The molecule has 0 spiro atoms. The number of methoxy groups -OCH3 is 1. The number of halogens is 1. The molecule has 0 bridgehead atoms. The molecule has 0 amide bonds. The van der Waals surface area contributed by atoms with Crippen molar-refractivity contribution in [3.05, 3.63) is 29.1 Å². The van der Waals surface area contributed by atoms with Crippen molar-refractivity contribution < 1.29 is 14.2 Å². The first-order valence-electron chi connectivity index (χ1n) is 4.64. The van der Waals surface area contributed by atoms with Crippen LogP contribution in [0.15, 0.2) is 12.1 Å². The van der Waals surface area contributed by atoms with E-state index in [4.69, 9.17) is 4.74 Å². The third kappa shape index (κ3) is 1.38. The Hall–Kier alpha value is -1.09. The smallest absolute Gasteiger partial charge is 0.165 e. The summed E-state index contributed by atoms with van der Waals surface area (Å²) in [6, 6.07) is 3.00. The summed E-state index contributed by atoms with van der Waals surface area (Å²) in [6.45, 7) is 1.85. The van der Waals surface area contributed by atoms with E-state index in [0.717, 1.165) is 18.4 Å². The Bertz CT molecular complexity index is 370. The summed E-state index contributed by atoms with van der Waals surface area (Å²) in [4.78, 5) is 0. The predicted octanol–water partition coefficient (Wildman–Crippen LogP) is 2.12. The fraction of sp³-hybridized carbons (Fsp3) is 0.455. The van der Waals surface area contributed by atoms with Crippen molar-refractivity contribution in [3.8, 4) is 5.75 Å². The average molecular weight is 196 g/mol. The van der Waals surface area contributed by atoms with Gasteiger partial charge in [-0.2, -0.15) is 0 Å². The molecule has 1 fully saturated rings. The highest BCUT2D eigenvalue weighted by Crippen LogP contribution is 2.47. The van der Waals surface area contributed by atoms with Crippen LogP contribution in [0.5, 0.6) is 5.75 Å². The Balaban J connectivity index is 2.48.